The lowest BCUT2D eigenvalue weighted by Crippen LogP contribution is -2.05. The molecule has 0 saturated heterocycles. The Bertz CT molecular complexity index is 732. The van der Waals surface area contributed by atoms with Crippen molar-refractivity contribution in [2.24, 2.45) is 0 Å². The standard InChI is InChI=1S/C21H25FO5/c1-3-25-21(23)10-8-16-7-9-20(19(22)14-16)27-15-17-5-4-6-18(13-17)26-12-11-24-2/h4-7,9,13-14H,3,8,10-12,15H2,1-2H3. The highest BCUT2D eigenvalue weighted by molar-refractivity contribution is 5.69. The summed E-state index contributed by atoms with van der Waals surface area (Å²) in [7, 11) is 1.62. The molecular weight excluding hydrogens is 351 g/mol. The summed E-state index contributed by atoms with van der Waals surface area (Å²) in [4.78, 5) is 11.4. The molecule has 27 heavy (non-hydrogen) atoms. The van der Waals surface area contributed by atoms with Gasteiger partial charge in [0.15, 0.2) is 11.6 Å². The van der Waals surface area contributed by atoms with Crippen molar-refractivity contribution < 1.29 is 28.1 Å². The molecule has 0 aromatic heterocycles. The van der Waals surface area contributed by atoms with Crippen molar-refractivity contribution in [2.75, 3.05) is 26.9 Å². The SMILES string of the molecule is CCOC(=O)CCc1ccc(OCc2cccc(OCCOC)c2)c(F)c1. The number of aryl methyl sites for hydroxylation is 1. The number of methoxy groups -OCH3 is 1. The van der Waals surface area contributed by atoms with Crippen LogP contribution in [0.5, 0.6) is 11.5 Å². The third-order valence-electron chi connectivity index (χ3n) is 3.77. The van der Waals surface area contributed by atoms with Crippen LogP contribution < -0.4 is 9.47 Å². The van der Waals surface area contributed by atoms with E-state index in [-0.39, 0.29) is 24.7 Å². The van der Waals surface area contributed by atoms with E-state index in [0.29, 0.717) is 32.0 Å². The van der Waals surface area contributed by atoms with E-state index in [2.05, 4.69) is 0 Å². The zero-order chi connectivity index (χ0) is 19.5. The van der Waals surface area contributed by atoms with E-state index in [1.54, 1.807) is 26.2 Å². The predicted octanol–water partition coefficient (Wildman–Crippen LogP) is 3.93. The molecule has 146 valence electrons. The van der Waals surface area contributed by atoms with Gasteiger partial charge >= 0.3 is 5.97 Å². The van der Waals surface area contributed by atoms with Crippen molar-refractivity contribution in [3.8, 4) is 11.5 Å². The summed E-state index contributed by atoms with van der Waals surface area (Å²) >= 11 is 0. The number of hydrogen-bond acceptors (Lipinski definition) is 5. The smallest absolute Gasteiger partial charge is 0.306 e. The average Bonchev–Trinajstić information content (AvgIpc) is 2.66. The van der Waals surface area contributed by atoms with Gasteiger partial charge in [-0.15, -0.1) is 0 Å². The summed E-state index contributed by atoms with van der Waals surface area (Å²) in [5.74, 6) is 0.137. The summed E-state index contributed by atoms with van der Waals surface area (Å²) in [6.07, 6.45) is 0.653. The third kappa shape index (κ3) is 7.27. The molecule has 0 radical (unpaired) electrons. The van der Waals surface area contributed by atoms with Gasteiger partial charge in [-0.2, -0.15) is 0 Å². The van der Waals surface area contributed by atoms with E-state index in [0.717, 1.165) is 11.1 Å². The maximum Gasteiger partial charge on any atom is 0.306 e. The number of benzene rings is 2. The highest BCUT2D eigenvalue weighted by Crippen LogP contribution is 2.21. The Hall–Kier alpha value is -2.60. The van der Waals surface area contributed by atoms with Crippen LogP contribution in [0.2, 0.25) is 0 Å². The van der Waals surface area contributed by atoms with Crippen LogP contribution in [0.3, 0.4) is 0 Å². The molecule has 0 unspecified atom stereocenters. The van der Waals surface area contributed by atoms with E-state index >= 15 is 0 Å². The van der Waals surface area contributed by atoms with Gasteiger partial charge in [-0.05, 0) is 48.7 Å². The largest absolute Gasteiger partial charge is 0.491 e. The Morgan fingerprint density at radius 3 is 2.63 bits per heavy atom. The lowest BCUT2D eigenvalue weighted by atomic mass is 10.1. The molecule has 0 saturated carbocycles. The van der Waals surface area contributed by atoms with Crippen LogP contribution in [0.1, 0.15) is 24.5 Å². The van der Waals surface area contributed by atoms with Gasteiger partial charge in [0.25, 0.3) is 0 Å². The summed E-state index contributed by atoms with van der Waals surface area (Å²) in [6.45, 7) is 3.29. The lowest BCUT2D eigenvalue weighted by Gasteiger charge is -2.10. The molecule has 0 aliphatic carbocycles. The molecule has 5 nitrogen and oxygen atoms in total. The van der Waals surface area contributed by atoms with Crippen LogP contribution in [-0.4, -0.2) is 32.9 Å². The fourth-order valence-electron chi connectivity index (χ4n) is 2.43. The van der Waals surface area contributed by atoms with E-state index in [1.807, 2.05) is 24.3 Å². The fourth-order valence-corrected chi connectivity index (χ4v) is 2.43. The lowest BCUT2D eigenvalue weighted by molar-refractivity contribution is -0.143. The number of ether oxygens (including phenoxy) is 4. The van der Waals surface area contributed by atoms with Crippen molar-refractivity contribution in [1.29, 1.82) is 0 Å². The molecule has 0 aliphatic heterocycles. The minimum absolute atomic E-state index is 0.167. The van der Waals surface area contributed by atoms with Crippen molar-refractivity contribution in [2.45, 2.75) is 26.4 Å². The fraction of sp³-hybridized carbons (Fsp3) is 0.381. The minimum Gasteiger partial charge on any atom is -0.491 e. The van der Waals surface area contributed by atoms with Gasteiger partial charge in [-0.25, -0.2) is 4.39 Å². The second kappa shape index (κ2) is 11.2. The normalized spacial score (nSPS) is 10.5. The van der Waals surface area contributed by atoms with Crippen molar-refractivity contribution in [3.05, 3.63) is 59.4 Å². The van der Waals surface area contributed by atoms with Crippen LogP contribution >= 0.6 is 0 Å². The average molecular weight is 376 g/mol. The van der Waals surface area contributed by atoms with E-state index in [1.165, 1.54) is 6.07 Å². The van der Waals surface area contributed by atoms with Gasteiger partial charge in [-0.1, -0.05) is 18.2 Å². The summed E-state index contributed by atoms with van der Waals surface area (Å²) in [6, 6.07) is 12.2. The van der Waals surface area contributed by atoms with Crippen LogP contribution in [0.4, 0.5) is 4.39 Å². The molecule has 0 spiro atoms. The van der Waals surface area contributed by atoms with Crippen molar-refractivity contribution >= 4 is 5.97 Å². The topological polar surface area (TPSA) is 54.0 Å². The summed E-state index contributed by atoms with van der Waals surface area (Å²) in [5, 5.41) is 0. The minimum atomic E-state index is -0.455. The number of esters is 1. The quantitative estimate of drug-likeness (QED) is 0.439. The van der Waals surface area contributed by atoms with Crippen LogP contribution in [0.25, 0.3) is 0 Å². The first-order valence-corrected chi connectivity index (χ1v) is 8.90. The molecule has 2 aromatic carbocycles. The molecule has 0 heterocycles. The summed E-state index contributed by atoms with van der Waals surface area (Å²) in [5.41, 5.74) is 1.59. The Labute approximate surface area is 159 Å². The molecule has 2 aromatic rings. The molecule has 0 amide bonds. The van der Waals surface area contributed by atoms with Crippen LogP contribution in [0.15, 0.2) is 42.5 Å². The Morgan fingerprint density at radius 2 is 1.89 bits per heavy atom. The van der Waals surface area contributed by atoms with E-state index < -0.39 is 5.82 Å². The van der Waals surface area contributed by atoms with Crippen LogP contribution in [-0.2, 0) is 27.3 Å². The molecule has 0 atom stereocenters. The molecule has 6 heteroatoms. The molecule has 0 bridgehead atoms. The molecule has 0 fully saturated rings. The first-order valence-electron chi connectivity index (χ1n) is 8.90. The zero-order valence-electron chi connectivity index (χ0n) is 15.7. The Balaban J connectivity index is 1.88. The molecule has 0 aliphatic rings. The number of halogens is 1. The highest BCUT2D eigenvalue weighted by atomic mass is 19.1. The van der Waals surface area contributed by atoms with E-state index in [9.17, 15) is 9.18 Å². The third-order valence-corrected chi connectivity index (χ3v) is 3.77. The van der Waals surface area contributed by atoms with Gasteiger partial charge in [-0.3, -0.25) is 4.79 Å². The first kappa shape index (κ1) is 20.7. The van der Waals surface area contributed by atoms with Gasteiger partial charge in [0, 0.05) is 13.5 Å². The summed E-state index contributed by atoms with van der Waals surface area (Å²) < 4.78 is 35.2. The second-order valence-corrected chi connectivity index (χ2v) is 5.85. The number of hydrogen-bond donors (Lipinski definition) is 0. The molecule has 0 N–H and O–H groups in total. The first-order chi connectivity index (χ1) is 13.1. The number of carbonyl (C=O) groups excluding carboxylic acids is 1. The zero-order valence-corrected chi connectivity index (χ0v) is 15.7. The van der Waals surface area contributed by atoms with Gasteiger partial charge in [0.1, 0.15) is 19.0 Å². The number of carbonyl (C=O) groups is 1. The van der Waals surface area contributed by atoms with Crippen molar-refractivity contribution in [3.63, 3.8) is 0 Å². The monoisotopic (exact) mass is 376 g/mol. The molecular formula is C21H25FO5. The second-order valence-electron chi connectivity index (χ2n) is 5.85. The predicted molar refractivity (Wildman–Crippen MR) is 99.5 cm³/mol. The Kier molecular flexibility index (Phi) is 8.58. The highest BCUT2D eigenvalue weighted by Gasteiger charge is 2.08. The Morgan fingerprint density at radius 1 is 1.04 bits per heavy atom. The van der Waals surface area contributed by atoms with Gasteiger partial charge < -0.3 is 18.9 Å². The van der Waals surface area contributed by atoms with Crippen LogP contribution in [0, 0.1) is 5.82 Å². The van der Waals surface area contributed by atoms with Gasteiger partial charge in [0.2, 0.25) is 0 Å². The van der Waals surface area contributed by atoms with E-state index in [4.69, 9.17) is 18.9 Å². The molecule has 2 rings (SSSR count). The maximum atomic E-state index is 14.2. The maximum absolute atomic E-state index is 14.2. The van der Waals surface area contributed by atoms with Crippen molar-refractivity contribution in [1.82, 2.24) is 0 Å². The van der Waals surface area contributed by atoms with Gasteiger partial charge in [0.05, 0.1) is 13.2 Å². The number of rotatable bonds is 11.